The van der Waals surface area contributed by atoms with Gasteiger partial charge in [-0.3, -0.25) is 9.59 Å². The van der Waals surface area contributed by atoms with Gasteiger partial charge in [0, 0.05) is 12.8 Å². The van der Waals surface area contributed by atoms with Crippen LogP contribution in [-0.2, 0) is 19.1 Å². The van der Waals surface area contributed by atoms with Crippen LogP contribution in [0.15, 0.2) is 0 Å². The van der Waals surface area contributed by atoms with E-state index in [1.165, 1.54) is 38.5 Å². The van der Waals surface area contributed by atoms with E-state index in [2.05, 4.69) is 13.8 Å². The van der Waals surface area contributed by atoms with Crippen molar-refractivity contribution >= 4 is 11.9 Å². The zero-order chi connectivity index (χ0) is 19.6. The van der Waals surface area contributed by atoms with E-state index in [0.717, 1.165) is 38.5 Å². The van der Waals surface area contributed by atoms with E-state index in [4.69, 9.17) is 9.47 Å². The zero-order valence-electron chi connectivity index (χ0n) is 17.7. The molecule has 0 saturated heterocycles. The number of unbranched alkanes of at least 4 members (excludes halogenated alkanes) is 8. The smallest absolute Gasteiger partial charge is 0.306 e. The molecule has 0 aliphatic rings. The van der Waals surface area contributed by atoms with Crippen molar-refractivity contribution in [2.24, 2.45) is 0 Å². The number of esters is 2. The Bertz CT molecular complexity index is 320. The summed E-state index contributed by atoms with van der Waals surface area (Å²) in [5, 5.41) is 0. The molecular formula is C22H42O4. The first-order valence-electron chi connectivity index (χ1n) is 10.9. The lowest BCUT2D eigenvalue weighted by Crippen LogP contribution is -2.19. The Kier molecular flexibility index (Phi) is 16.7. The summed E-state index contributed by atoms with van der Waals surface area (Å²) in [6.07, 6.45) is 13.6. The Balaban J connectivity index is 3.68. The van der Waals surface area contributed by atoms with Gasteiger partial charge in [-0.05, 0) is 39.5 Å². The minimum Gasteiger partial charge on any atom is -0.463 e. The number of hydrogen-bond acceptors (Lipinski definition) is 4. The maximum atomic E-state index is 11.8. The van der Waals surface area contributed by atoms with Gasteiger partial charge in [0.2, 0.25) is 0 Å². The van der Waals surface area contributed by atoms with Gasteiger partial charge >= 0.3 is 11.9 Å². The van der Waals surface area contributed by atoms with E-state index in [9.17, 15) is 9.59 Å². The lowest BCUT2D eigenvalue weighted by atomic mass is 10.1. The third-order valence-corrected chi connectivity index (χ3v) is 4.61. The molecule has 0 radical (unpaired) electrons. The third kappa shape index (κ3) is 16.4. The highest BCUT2D eigenvalue weighted by molar-refractivity contribution is 5.69. The predicted octanol–water partition coefficient (Wildman–Crippen LogP) is 6.35. The molecular weight excluding hydrogens is 328 g/mol. The zero-order valence-corrected chi connectivity index (χ0v) is 17.7. The largest absolute Gasteiger partial charge is 0.463 e. The van der Waals surface area contributed by atoms with E-state index in [0.29, 0.717) is 12.8 Å². The van der Waals surface area contributed by atoms with Crippen LogP contribution in [0.2, 0.25) is 0 Å². The molecule has 0 aromatic carbocycles. The first-order valence-corrected chi connectivity index (χ1v) is 10.9. The number of ether oxygens (including phenoxy) is 2. The molecule has 0 N–H and O–H groups in total. The van der Waals surface area contributed by atoms with Gasteiger partial charge in [0.05, 0.1) is 12.2 Å². The highest BCUT2D eigenvalue weighted by Gasteiger charge is 2.14. The third-order valence-electron chi connectivity index (χ3n) is 4.61. The molecule has 0 aromatic rings. The van der Waals surface area contributed by atoms with Crippen molar-refractivity contribution in [3.63, 3.8) is 0 Å². The second-order valence-corrected chi connectivity index (χ2v) is 7.51. The SMILES string of the molecule is CCCCCCCC(=O)OC(C)CC[C@@H](C)OC(=O)CCCCCCC. The number of carbonyl (C=O) groups is 2. The predicted molar refractivity (Wildman–Crippen MR) is 107 cm³/mol. The van der Waals surface area contributed by atoms with Crippen LogP contribution in [0.4, 0.5) is 0 Å². The summed E-state index contributed by atoms with van der Waals surface area (Å²) in [6.45, 7) is 8.19. The molecule has 0 aromatic heterocycles. The van der Waals surface area contributed by atoms with Gasteiger partial charge in [0.1, 0.15) is 0 Å². The molecule has 0 amide bonds. The van der Waals surface area contributed by atoms with Crippen LogP contribution in [0.25, 0.3) is 0 Å². The molecule has 0 heterocycles. The van der Waals surface area contributed by atoms with Crippen LogP contribution in [0.5, 0.6) is 0 Å². The van der Waals surface area contributed by atoms with E-state index in [1.807, 2.05) is 13.8 Å². The van der Waals surface area contributed by atoms with Crippen molar-refractivity contribution in [1.29, 1.82) is 0 Å². The molecule has 26 heavy (non-hydrogen) atoms. The van der Waals surface area contributed by atoms with E-state index in [-0.39, 0.29) is 24.1 Å². The van der Waals surface area contributed by atoms with Gasteiger partial charge in [0.25, 0.3) is 0 Å². The van der Waals surface area contributed by atoms with Crippen molar-refractivity contribution < 1.29 is 19.1 Å². The molecule has 0 spiro atoms. The molecule has 0 rings (SSSR count). The summed E-state index contributed by atoms with van der Waals surface area (Å²) in [5.41, 5.74) is 0. The Morgan fingerprint density at radius 3 is 1.31 bits per heavy atom. The minimum absolute atomic E-state index is 0.106. The average molecular weight is 371 g/mol. The van der Waals surface area contributed by atoms with Gasteiger partial charge in [-0.1, -0.05) is 65.2 Å². The van der Waals surface area contributed by atoms with Gasteiger partial charge < -0.3 is 9.47 Å². The molecule has 4 nitrogen and oxygen atoms in total. The van der Waals surface area contributed by atoms with Crippen LogP contribution in [-0.4, -0.2) is 24.1 Å². The van der Waals surface area contributed by atoms with Gasteiger partial charge in [-0.2, -0.15) is 0 Å². The standard InChI is InChI=1S/C22H42O4/c1-5-7-9-11-13-15-21(23)25-19(3)17-18-20(4)26-22(24)16-14-12-10-8-6-2/h19-20H,5-18H2,1-4H3/t19-,20?/m1/s1. The summed E-state index contributed by atoms with van der Waals surface area (Å²) >= 11 is 0. The summed E-state index contributed by atoms with van der Waals surface area (Å²) in [4.78, 5) is 23.6. The number of carbonyl (C=O) groups excluding carboxylic acids is 2. The maximum Gasteiger partial charge on any atom is 0.306 e. The lowest BCUT2D eigenvalue weighted by molar-refractivity contribution is -0.152. The van der Waals surface area contributed by atoms with Crippen molar-refractivity contribution in [2.45, 2.75) is 130 Å². The number of hydrogen-bond donors (Lipinski definition) is 0. The Morgan fingerprint density at radius 2 is 0.962 bits per heavy atom. The fourth-order valence-electron chi connectivity index (χ4n) is 2.90. The Hall–Kier alpha value is -1.06. The average Bonchev–Trinajstić information content (AvgIpc) is 2.59. The maximum absolute atomic E-state index is 11.8. The first kappa shape index (κ1) is 24.9. The summed E-state index contributed by atoms with van der Waals surface area (Å²) < 4.78 is 10.9. The summed E-state index contributed by atoms with van der Waals surface area (Å²) in [6, 6.07) is 0. The van der Waals surface area contributed by atoms with Crippen molar-refractivity contribution in [3.8, 4) is 0 Å². The molecule has 0 saturated carbocycles. The van der Waals surface area contributed by atoms with Crippen LogP contribution in [0.1, 0.15) is 118 Å². The molecule has 154 valence electrons. The normalized spacial score (nSPS) is 13.2. The lowest BCUT2D eigenvalue weighted by Gasteiger charge is -2.17. The van der Waals surface area contributed by atoms with Gasteiger partial charge in [-0.15, -0.1) is 0 Å². The molecule has 0 fully saturated rings. The monoisotopic (exact) mass is 370 g/mol. The molecule has 4 heteroatoms. The first-order chi connectivity index (χ1) is 12.5. The van der Waals surface area contributed by atoms with E-state index >= 15 is 0 Å². The molecule has 0 aliphatic carbocycles. The van der Waals surface area contributed by atoms with Gasteiger partial charge in [0.15, 0.2) is 0 Å². The second-order valence-electron chi connectivity index (χ2n) is 7.51. The van der Waals surface area contributed by atoms with Crippen molar-refractivity contribution in [3.05, 3.63) is 0 Å². The Labute approximate surface area is 161 Å². The van der Waals surface area contributed by atoms with Crippen molar-refractivity contribution in [1.82, 2.24) is 0 Å². The van der Waals surface area contributed by atoms with Crippen LogP contribution >= 0.6 is 0 Å². The van der Waals surface area contributed by atoms with Crippen LogP contribution in [0, 0.1) is 0 Å². The highest BCUT2D eigenvalue weighted by atomic mass is 16.5. The van der Waals surface area contributed by atoms with Crippen molar-refractivity contribution in [2.75, 3.05) is 0 Å². The quantitative estimate of drug-likeness (QED) is 0.221. The minimum atomic E-state index is -0.117. The molecule has 2 atom stereocenters. The fraction of sp³-hybridized carbons (Fsp3) is 0.909. The highest BCUT2D eigenvalue weighted by Crippen LogP contribution is 2.12. The summed E-state index contributed by atoms with van der Waals surface area (Å²) in [7, 11) is 0. The van der Waals surface area contributed by atoms with Gasteiger partial charge in [-0.25, -0.2) is 0 Å². The fourth-order valence-corrected chi connectivity index (χ4v) is 2.90. The molecule has 0 bridgehead atoms. The van der Waals surface area contributed by atoms with E-state index < -0.39 is 0 Å². The Morgan fingerprint density at radius 1 is 0.615 bits per heavy atom. The molecule has 0 aliphatic heterocycles. The summed E-state index contributed by atoms with van der Waals surface area (Å²) in [5.74, 6) is -0.212. The van der Waals surface area contributed by atoms with Crippen LogP contribution < -0.4 is 0 Å². The second kappa shape index (κ2) is 17.4. The molecule has 1 unspecified atom stereocenters. The van der Waals surface area contributed by atoms with Crippen LogP contribution in [0.3, 0.4) is 0 Å². The number of rotatable bonds is 17. The topological polar surface area (TPSA) is 52.6 Å². The van der Waals surface area contributed by atoms with E-state index in [1.54, 1.807) is 0 Å².